The van der Waals surface area contributed by atoms with Crippen molar-refractivity contribution in [2.75, 3.05) is 26.2 Å². The zero-order valence-electron chi connectivity index (χ0n) is 13.9. The van der Waals surface area contributed by atoms with Crippen LogP contribution in [0.4, 0.5) is 9.59 Å². The maximum Gasteiger partial charge on any atom is 0.429 e. The van der Waals surface area contributed by atoms with Crippen LogP contribution in [0.25, 0.3) is 0 Å². The predicted octanol–water partition coefficient (Wildman–Crippen LogP) is 1.98. The molecule has 2 amide bonds. The Morgan fingerprint density at radius 2 is 1.14 bits per heavy atom. The molecule has 1 rings (SSSR count). The monoisotopic (exact) mass is 301 g/mol. The first-order valence-corrected chi connectivity index (χ1v) is 7.21. The molecule has 0 unspecified atom stereocenters. The van der Waals surface area contributed by atoms with E-state index in [4.69, 9.17) is 9.47 Å². The number of nitrogens with one attached hydrogen (secondary N) is 1. The van der Waals surface area contributed by atoms with Gasteiger partial charge in [0.1, 0.15) is 11.2 Å². The first kappa shape index (κ1) is 17.6. The first-order chi connectivity index (χ1) is 9.49. The largest absolute Gasteiger partial charge is 0.442 e. The number of hydrogen-bond acceptors (Lipinski definition) is 5. The molecule has 7 heteroatoms. The van der Waals surface area contributed by atoms with Crippen molar-refractivity contribution in [2.45, 2.75) is 52.7 Å². The topological polar surface area (TPSA) is 71.1 Å². The van der Waals surface area contributed by atoms with Crippen LogP contribution >= 0.6 is 0 Å². The van der Waals surface area contributed by atoms with Gasteiger partial charge in [0.25, 0.3) is 0 Å². The summed E-state index contributed by atoms with van der Waals surface area (Å²) in [6.45, 7) is 12.6. The zero-order valence-corrected chi connectivity index (χ0v) is 13.9. The maximum absolute atomic E-state index is 12.3. The normalized spacial score (nSPS) is 17.2. The van der Waals surface area contributed by atoms with Gasteiger partial charge in [-0.3, -0.25) is 0 Å². The van der Waals surface area contributed by atoms with Crippen LogP contribution in [0.2, 0.25) is 0 Å². The van der Waals surface area contributed by atoms with Crippen molar-refractivity contribution in [3.63, 3.8) is 0 Å². The molecule has 0 aromatic carbocycles. The summed E-state index contributed by atoms with van der Waals surface area (Å²) >= 11 is 0. The Bertz CT molecular complexity index is 349. The van der Waals surface area contributed by atoms with E-state index < -0.39 is 23.4 Å². The van der Waals surface area contributed by atoms with Crippen molar-refractivity contribution in [1.82, 2.24) is 15.3 Å². The third-order valence-electron chi connectivity index (χ3n) is 2.50. The van der Waals surface area contributed by atoms with Gasteiger partial charge in [0.2, 0.25) is 0 Å². The number of hydrogen-bond donors (Lipinski definition) is 1. The molecule has 0 aromatic rings. The molecule has 0 aliphatic carbocycles. The highest BCUT2D eigenvalue weighted by molar-refractivity contribution is 5.74. The van der Waals surface area contributed by atoms with Crippen LogP contribution in [-0.4, -0.2) is 59.6 Å². The average Bonchev–Trinajstić information content (AvgIpc) is 2.48. The fourth-order valence-electron chi connectivity index (χ4n) is 1.75. The number of hydrazine groups is 1. The summed E-state index contributed by atoms with van der Waals surface area (Å²) in [5, 5.41) is 5.75. The van der Waals surface area contributed by atoms with Gasteiger partial charge >= 0.3 is 12.2 Å². The lowest BCUT2D eigenvalue weighted by atomic mass is 10.2. The Morgan fingerprint density at radius 3 is 1.43 bits per heavy atom. The van der Waals surface area contributed by atoms with Crippen molar-refractivity contribution in [3.05, 3.63) is 0 Å². The van der Waals surface area contributed by atoms with E-state index in [1.807, 2.05) is 0 Å². The molecule has 0 bridgehead atoms. The highest BCUT2D eigenvalue weighted by atomic mass is 16.6. The van der Waals surface area contributed by atoms with E-state index in [9.17, 15) is 9.59 Å². The molecule has 1 heterocycles. The van der Waals surface area contributed by atoms with Gasteiger partial charge in [-0.05, 0) is 41.5 Å². The lowest BCUT2D eigenvalue weighted by Crippen LogP contribution is -2.53. The molecule has 1 saturated heterocycles. The Balaban J connectivity index is 2.85. The Hall–Kier alpha value is -1.50. The minimum absolute atomic E-state index is 0.355. The number of nitrogens with zero attached hydrogens (tertiary/aromatic N) is 2. The molecule has 122 valence electrons. The number of ether oxygens (including phenoxy) is 2. The third-order valence-corrected chi connectivity index (χ3v) is 2.50. The third kappa shape index (κ3) is 6.20. The second-order valence-corrected chi connectivity index (χ2v) is 6.96. The molecule has 0 saturated carbocycles. The van der Waals surface area contributed by atoms with E-state index in [2.05, 4.69) is 5.32 Å². The molecule has 0 aromatic heterocycles. The molecule has 1 aliphatic rings. The van der Waals surface area contributed by atoms with Crippen molar-refractivity contribution in [2.24, 2.45) is 0 Å². The molecule has 21 heavy (non-hydrogen) atoms. The standard InChI is InChI=1S/C14H27N3O4/c1-13(2,3)20-11(18)16-9-7-15-8-10-17(16)12(19)21-14(4,5)6/h15H,7-10H2,1-6H3. The van der Waals surface area contributed by atoms with Gasteiger partial charge in [-0.1, -0.05) is 0 Å². The van der Waals surface area contributed by atoms with Gasteiger partial charge in [-0.25, -0.2) is 19.6 Å². The van der Waals surface area contributed by atoms with Crippen LogP contribution in [0.3, 0.4) is 0 Å². The second-order valence-electron chi connectivity index (χ2n) is 6.96. The Morgan fingerprint density at radius 1 is 0.810 bits per heavy atom. The smallest absolute Gasteiger partial charge is 0.429 e. The van der Waals surface area contributed by atoms with Crippen molar-refractivity contribution < 1.29 is 19.1 Å². The summed E-state index contributed by atoms with van der Waals surface area (Å²) < 4.78 is 10.7. The summed E-state index contributed by atoms with van der Waals surface area (Å²) in [5.41, 5.74) is -1.23. The lowest BCUT2D eigenvalue weighted by Gasteiger charge is -2.35. The highest BCUT2D eigenvalue weighted by Gasteiger charge is 2.33. The van der Waals surface area contributed by atoms with Crippen LogP contribution in [0.15, 0.2) is 0 Å². The predicted molar refractivity (Wildman–Crippen MR) is 78.7 cm³/mol. The summed E-state index contributed by atoms with van der Waals surface area (Å²) in [6.07, 6.45) is -1.09. The number of carbonyl (C=O) groups excluding carboxylic acids is 2. The summed E-state index contributed by atoms with van der Waals surface area (Å²) in [6, 6.07) is 0. The van der Waals surface area contributed by atoms with E-state index in [0.717, 1.165) is 0 Å². The van der Waals surface area contributed by atoms with E-state index in [1.54, 1.807) is 41.5 Å². The van der Waals surface area contributed by atoms with Crippen molar-refractivity contribution in [3.8, 4) is 0 Å². The van der Waals surface area contributed by atoms with Gasteiger partial charge in [0, 0.05) is 13.1 Å². The molecule has 1 aliphatic heterocycles. The second kappa shape index (κ2) is 6.51. The van der Waals surface area contributed by atoms with E-state index >= 15 is 0 Å². The molecule has 1 fully saturated rings. The molecule has 7 nitrogen and oxygen atoms in total. The van der Waals surface area contributed by atoms with Gasteiger partial charge in [-0.15, -0.1) is 0 Å². The molecule has 0 atom stereocenters. The van der Waals surface area contributed by atoms with Crippen LogP contribution < -0.4 is 5.32 Å². The Kier molecular flexibility index (Phi) is 5.44. The summed E-state index contributed by atoms with van der Waals surface area (Å²) in [5.74, 6) is 0. The highest BCUT2D eigenvalue weighted by Crippen LogP contribution is 2.15. The van der Waals surface area contributed by atoms with Crippen LogP contribution in [0.1, 0.15) is 41.5 Å². The number of amides is 2. The van der Waals surface area contributed by atoms with Gasteiger partial charge in [-0.2, -0.15) is 0 Å². The molecule has 1 N–H and O–H groups in total. The van der Waals surface area contributed by atoms with E-state index in [-0.39, 0.29) is 0 Å². The molecule has 0 spiro atoms. The van der Waals surface area contributed by atoms with Gasteiger partial charge in [0.15, 0.2) is 0 Å². The minimum atomic E-state index is -0.615. The summed E-state index contributed by atoms with van der Waals surface area (Å²) in [4.78, 5) is 24.5. The zero-order chi connectivity index (χ0) is 16.3. The van der Waals surface area contributed by atoms with E-state index in [1.165, 1.54) is 10.0 Å². The number of carbonyl (C=O) groups is 2. The van der Waals surface area contributed by atoms with E-state index in [0.29, 0.717) is 26.2 Å². The van der Waals surface area contributed by atoms with Gasteiger partial charge in [0.05, 0.1) is 13.1 Å². The van der Waals surface area contributed by atoms with Crippen molar-refractivity contribution >= 4 is 12.2 Å². The quantitative estimate of drug-likeness (QED) is 0.741. The number of rotatable bonds is 0. The first-order valence-electron chi connectivity index (χ1n) is 7.21. The van der Waals surface area contributed by atoms with Crippen LogP contribution in [-0.2, 0) is 9.47 Å². The lowest BCUT2D eigenvalue weighted by molar-refractivity contribution is -0.0572. The average molecular weight is 301 g/mol. The fourth-order valence-corrected chi connectivity index (χ4v) is 1.75. The van der Waals surface area contributed by atoms with Crippen LogP contribution in [0.5, 0.6) is 0 Å². The Labute approximate surface area is 126 Å². The van der Waals surface area contributed by atoms with Crippen molar-refractivity contribution in [1.29, 1.82) is 0 Å². The van der Waals surface area contributed by atoms with Crippen LogP contribution in [0, 0.1) is 0 Å². The van der Waals surface area contributed by atoms with Gasteiger partial charge < -0.3 is 14.8 Å². The molecular formula is C14H27N3O4. The minimum Gasteiger partial charge on any atom is -0.442 e. The summed E-state index contributed by atoms with van der Waals surface area (Å²) in [7, 11) is 0. The molecular weight excluding hydrogens is 274 g/mol. The maximum atomic E-state index is 12.3. The SMILES string of the molecule is CC(C)(C)OC(=O)N1CCNCCN1C(=O)OC(C)(C)C. The fraction of sp³-hybridized carbons (Fsp3) is 0.857. The molecule has 0 radical (unpaired) electrons.